The highest BCUT2D eigenvalue weighted by atomic mass is 16.4. The average Bonchev–Trinajstić information content (AvgIpc) is 2.05. The molecule has 1 atom stereocenters. The molecular weight excluding hydrogens is 164 g/mol. The molecule has 0 aromatic carbocycles. The fourth-order valence-electron chi connectivity index (χ4n) is 1.67. The maximum absolute atomic E-state index is 10.2. The normalized spacial score (nSPS) is 13.8. The first kappa shape index (κ1) is 12.2. The Morgan fingerprint density at radius 2 is 1.92 bits per heavy atom. The van der Waals surface area contributed by atoms with Crippen LogP contribution < -0.4 is 0 Å². The van der Waals surface area contributed by atoms with Gasteiger partial charge in [0.05, 0.1) is 0 Å². The zero-order chi connectivity index (χ0) is 10.3. The van der Waals surface area contributed by atoms with E-state index in [1.165, 1.54) is 18.9 Å². The molecule has 76 valence electrons. The van der Waals surface area contributed by atoms with Gasteiger partial charge in [0.1, 0.15) is 0 Å². The summed E-state index contributed by atoms with van der Waals surface area (Å²) in [7, 11) is 0. The Morgan fingerprint density at radius 1 is 1.38 bits per heavy atom. The van der Waals surface area contributed by atoms with E-state index in [4.69, 9.17) is 5.11 Å². The summed E-state index contributed by atoms with van der Waals surface area (Å²) in [5.41, 5.74) is 0. The van der Waals surface area contributed by atoms with E-state index in [-0.39, 0.29) is 0 Å². The van der Waals surface area contributed by atoms with Crippen molar-refractivity contribution in [3.05, 3.63) is 12.2 Å². The van der Waals surface area contributed by atoms with Crippen LogP contribution in [0, 0.1) is 11.8 Å². The minimum Gasteiger partial charge on any atom is -0.478 e. The molecule has 0 aliphatic rings. The van der Waals surface area contributed by atoms with Crippen molar-refractivity contribution in [3.63, 3.8) is 0 Å². The molecule has 0 saturated carbocycles. The van der Waals surface area contributed by atoms with Crippen LogP contribution in [0.25, 0.3) is 0 Å². The van der Waals surface area contributed by atoms with Crippen LogP contribution in [0.3, 0.4) is 0 Å². The molecule has 0 aromatic rings. The Balaban J connectivity index is 3.84. The molecule has 13 heavy (non-hydrogen) atoms. The van der Waals surface area contributed by atoms with Crippen molar-refractivity contribution in [3.8, 4) is 0 Å². The Labute approximate surface area is 80.7 Å². The summed E-state index contributed by atoms with van der Waals surface area (Å²) in [6.45, 7) is 6.56. The largest absolute Gasteiger partial charge is 0.478 e. The van der Waals surface area contributed by atoms with Crippen LogP contribution in [-0.2, 0) is 4.79 Å². The minimum absolute atomic E-state index is 0.589. The molecule has 0 heterocycles. The lowest BCUT2D eigenvalue weighted by atomic mass is 9.87. The first-order valence-corrected chi connectivity index (χ1v) is 5.01. The van der Waals surface area contributed by atoms with Gasteiger partial charge in [-0.3, -0.25) is 0 Å². The summed E-state index contributed by atoms with van der Waals surface area (Å²) in [6.07, 6.45) is 6.22. The fourth-order valence-corrected chi connectivity index (χ4v) is 1.67. The molecule has 0 saturated heterocycles. The van der Waals surface area contributed by atoms with Gasteiger partial charge in [0.25, 0.3) is 0 Å². The molecule has 0 fully saturated rings. The van der Waals surface area contributed by atoms with Gasteiger partial charge in [-0.15, -0.1) is 0 Å². The maximum atomic E-state index is 10.2. The third-order valence-corrected chi connectivity index (χ3v) is 2.62. The van der Waals surface area contributed by atoms with Crippen LogP contribution in [0.1, 0.15) is 40.0 Å². The van der Waals surface area contributed by atoms with Gasteiger partial charge in [0, 0.05) is 6.08 Å². The van der Waals surface area contributed by atoms with Crippen molar-refractivity contribution in [1.82, 2.24) is 0 Å². The molecule has 0 radical (unpaired) electrons. The second kappa shape index (κ2) is 6.70. The van der Waals surface area contributed by atoms with Crippen molar-refractivity contribution in [1.29, 1.82) is 0 Å². The lowest BCUT2D eigenvalue weighted by Crippen LogP contribution is -2.08. The third-order valence-electron chi connectivity index (χ3n) is 2.62. The van der Waals surface area contributed by atoms with Gasteiger partial charge in [-0.1, -0.05) is 39.7 Å². The Hall–Kier alpha value is -0.790. The summed E-state index contributed by atoms with van der Waals surface area (Å²) < 4.78 is 0. The Bertz CT molecular complexity index is 169. The van der Waals surface area contributed by atoms with Gasteiger partial charge >= 0.3 is 5.97 Å². The topological polar surface area (TPSA) is 37.3 Å². The molecule has 0 spiro atoms. The zero-order valence-corrected chi connectivity index (χ0v) is 8.79. The van der Waals surface area contributed by atoms with Crippen LogP contribution in [0.15, 0.2) is 12.2 Å². The van der Waals surface area contributed by atoms with Gasteiger partial charge in [-0.25, -0.2) is 4.79 Å². The van der Waals surface area contributed by atoms with Gasteiger partial charge in [-0.2, -0.15) is 0 Å². The standard InChI is InChI=1S/C11H20O2/c1-4-10(5-2)9(3)7-6-8-11(12)13/h6,8-10H,4-5,7H2,1-3H3,(H,12,13). The number of aliphatic carboxylic acids is 1. The molecule has 2 nitrogen and oxygen atoms in total. The lowest BCUT2D eigenvalue weighted by molar-refractivity contribution is -0.131. The first-order chi connectivity index (χ1) is 6.11. The van der Waals surface area contributed by atoms with Gasteiger partial charge in [-0.05, 0) is 18.3 Å². The van der Waals surface area contributed by atoms with E-state index in [0.717, 1.165) is 12.3 Å². The van der Waals surface area contributed by atoms with Crippen molar-refractivity contribution in [2.24, 2.45) is 11.8 Å². The summed E-state index contributed by atoms with van der Waals surface area (Å²) in [4.78, 5) is 10.2. The van der Waals surface area contributed by atoms with Crippen LogP contribution >= 0.6 is 0 Å². The zero-order valence-electron chi connectivity index (χ0n) is 8.79. The van der Waals surface area contributed by atoms with E-state index in [1.54, 1.807) is 6.08 Å². The predicted octanol–water partition coefficient (Wildman–Crippen LogP) is 3.09. The van der Waals surface area contributed by atoms with Crippen LogP contribution in [0.5, 0.6) is 0 Å². The lowest BCUT2D eigenvalue weighted by Gasteiger charge is -2.19. The molecule has 2 heteroatoms. The highest BCUT2D eigenvalue weighted by molar-refractivity contribution is 5.79. The predicted molar refractivity (Wildman–Crippen MR) is 54.6 cm³/mol. The Kier molecular flexibility index (Phi) is 6.29. The third kappa shape index (κ3) is 5.45. The number of carbonyl (C=O) groups is 1. The average molecular weight is 184 g/mol. The van der Waals surface area contributed by atoms with E-state index in [9.17, 15) is 4.79 Å². The molecule has 0 amide bonds. The van der Waals surface area contributed by atoms with Crippen molar-refractivity contribution >= 4 is 5.97 Å². The second-order valence-electron chi connectivity index (χ2n) is 3.53. The van der Waals surface area contributed by atoms with Crippen LogP contribution in [0.2, 0.25) is 0 Å². The highest BCUT2D eigenvalue weighted by Gasteiger charge is 2.11. The first-order valence-electron chi connectivity index (χ1n) is 5.01. The summed E-state index contributed by atoms with van der Waals surface area (Å²) in [6, 6.07) is 0. The smallest absolute Gasteiger partial charge is 0.327 e. The monoisotopic (exact) mass is 184 g/mol. The Morgan fingerprint density at radius 3 is 2.31 bits per heavy atom. The molecule has 0 aliphatic carbocycles. The molecule has 1 unspecified atom stereocenters. The van der Waals surface area contributed by atoms with E-state index in [2.05, 4.69) is 20.8 Å². The molecule has 0 aromatic heterocycles. The second-order valence-corrected chi connectivity index (χ2v) is 3.53. The summed E-state index contributed by atoms with van der Waals surface area (Å²) in [5.74, 6) is 0.459. The summed E-state index contributed by atoms with van der Waals surface area (Å²) in [5, 5.41) is 8.39. The van der Waals surface area contributed by atoms with Crippen LogP contribution in [0.4, 0.5) is 0 Å². The van der Waals surface area contributed by atoms with Crippen molar-refractivity contribution in [2.75, 3.05) is 0 Å². The molecule has 0 aliphatic heterocycles. The summed E-state index contributed by atoms with van der Waals surface area (Å²) >= 11 is 0. The number of carboxylic acid groups (broad SMARTS) is 1. The van der Waals surface area contributed by atoms with E-state index >= 15 is 0 Å². The quantitative estimate of drug-likeness (QED) is 0.644. The van der Waals surface area contributed by atoms with Gasteiger partial charge in [0.2, 0.25) is 0 Å². The van der Waals surface area contributed by atoms with E-state index in [1.807, 2.05) is 0 Å². The van der Waals surface area contributed by atoms with E-state index in [0.29, 0.717) is 5.92 Å². The number of allylic oxidation sites excluding steroid dienone is 1. The number of carboxylic acids is 1. The van der Waals surface area contributed by atoms with E-state index < -0.39 is 5.97 Å². The molecule has 0 rings (SSSR count). The number of rotatable bonds is 6. The van der Waals surface area contributed by atoms with Crippen molar-refractivity contribution < 1.29 is 9.90 Å². The van der Waals surface area contributed by atoms with Crippen LogP contribution in [-0.4, -0.2) is 11.1 Å². The molecule has 1 N–H and O–H groups in total. The number of hydrogen-bond donors (Lipinski definition) is 1. The molecule has 0 bridgehead atoms. The highest BCUT2D eigenvalue weighted by Crippen LogP contribution is 2.22. The fraction of sp³-hybridized carbons (Fsp3) is 0.727. The molecular formula is C11H20O2. The van der Waals surface area contributed by atoms with Gasteiger partial charge < -0.3 is 5.11 Å². The number of hydrogen-bond acceptors (Lipinski definition) is 1. The van der Waals surface area contributed by atoms with Crippen molar-refractivity contribution in [2.45, 2.75) is 40.0 Å². The maximum Gasteiger partial charge on any atom is 0.327 e. The van der Waals surface area contributed by atoms with Gasteiger partial charge in [0.15, 0.2) is 0 Å². The minimum atomic E-state index is -0.850. The SMILES string of the molecule is CCC(CC)C(C)CC=CC(=O)O.